The van der Waals surface area contributed by atoms with Gasteiger partial charge in [0.25, 0.3) is 0 Å². The summed E-state index contributed by atoms with van der Waals surface area (Å²) in [5.41, 5.74) is -3.78. The first-order chi connectivity index (χ1) is 21.3. The van der Waals surface area contributed by atoms with Crippen LogP contribution in [0.1, 0.15) is 40.5 Å². The highest BCUT2D eigenvalue weighted by Crippen LogP contribution is 2.81. The molecular weight excluding hydrogens is 600 g/mol. The van der Waals surface area contributed by atoms with Gasteiger partial charge in [0.05, 0.1) is 16.5 Å². The second-order valence-electron chi connectivity index (χ2n) is 12.5. The van der Waals surface area contributed by atoms with E-state index in [0.717, 1.165) is 12.1 Å². The van der Waals surface area contributed by atoms with E-state index in [9.17, 15) is 45.3 Å². The number of aromatic hydroxyl groups is 3. The Bertz CT molecular complexity index is 1510. The number of aliphatic hydroxyl groups excluding tert-OH is 3. The first-order valence-electron chi connectivity index (χ1n) is 14.3. The molecule has 10 unspecified atom stereocenters. The molecule has 2 aromatic carbocycles. The lowest BCUT2D eigenvalue weighted by atomic mass is 9.41. The standard InChI is InChI=1S/C30H32O15/c1-27-11-29(39)18-9-30(27,28(18,26(44-27)45-29)12-41-23(37)13-5-3-2-4-6-13)43-25-22(36)21(35)20(34)17(42-25)10-40-24(38)14-7-15(31)19(33)16(32)8-14/h2-8,17-18,20-22,25-26,31-36,39H,9-12H2,1H3/t17?,18?,20?,21?,22?,25?,26?,27?,28?,29?,30-/m1/s1. The molecule has 15 heteroatoms. The topological polar surface area (TPSA) is 231 Å². The summed E-state index contributed by atoms with van der Waals surface area (Å²) in [6.07, 6.45) is -9.21. The van der Waals surface area contributed by atoms with E-state index in [0.29, 0.717) is 5.56 Å². The van der Waals surface area contributed by atoms with Crippen molar-refractivity contribution in [3.05, 3.63) is 53.6 Å². The highest BCUT2D eigenvalue weighted by Gasteiger charge is 2.94. The molecular formula is C30H32O15. The molecule has 0 amide bonds. The summed E-state index contributed by atoms with van der Waals surface area (Å²) in [5, 5.41) is 72.6. The molecule has 4 aliphatic heterocycles. The average molecular weight is 633 g/mol. The van der Waals surface area contributed by atoms with Crippen molar-refractivity contribution in [1.82, 2.24) is 0 Å². The Morgan fingerprint density at radius 2 is 1.58 bits per heavy atom. The molecule has 3 aliphatic carbocycles. The molecule has 11 atom stereocenters. The lowest BCUT2D eigenvalue weighted by Gasteiger charge is -2.67. The molecule has 0 spiro atoms. The molecule has 4 heterocycles. The van der Waals surface area contributed by atoms with Crippen LogP contribution in [0.3, 0.4) is 0 Å². The van der Waals surface area contributed by atoms with Crippen LogP contribution in [0.15, 0.2) is 42.5 Å². The van der Waals surface area contributed by atoms with Gasteiger partial charge in [-0.1, -0.05) is 18.2 Å². The van der Waals surface area contributed by atoms with Gasteiger partial charge in [-0.25, -0.2) is 9.59 Å². The van der Waals surface area contributed by atoms with Gasteiger partial charge in [-0.15, -0.1) is 0 Å². The number of carbonyl (C=O) groups excluding carboxylic acids is 2. The van der Waals surface area contributed by atoms with Gasteiger partial charge in [0, 0.05) is 12.3 Å². The van der Waals surface area contributed by atoms with Crippen molar-refractivity contribution in [3.8, 4) is 17.2 Å². The Balaban J connectivity index is 1.11. The molecule has 3 saturated carbocycles. The summed E-state index contributed by atoms with van der Waals surface area (Å²) in [5.74, 6) is -6.19. The minimum absolute atomic E-state index is 0.00307. The number of benzene rings is 2. The van der Waals surface area contributed by atoms with Gasteiger partial charge in [0.15, 0.2) is 35.6 Å². The maximum Gasteiger partial charge on any atom is 0.338 e. The number of aliphatic hydroxyl groups is 4. The molecule has 7 N–H and O–H groups in total. The predicted molar refractivity (Wildman–Crippen MR) is 143 cm³/mol. The number of phenols is 3. The van der Waals surface area contributed by atoms with Crippen molar-refractivity contribution in [2.24, 2.45) is 11.3 Å². The number of esters is 2. The van der Waals surface area contributed by atoms with Crippen LogP contribution in [0.5, 0.6) is 17.2 Å². The van der Waals surface area contributed by atoms with E-state index in [-0.39, 0.29) is 25.0 Å². The third kappa shape index (κ3) is 4.06. The zero-order chi connectivity index (χ0) is 32.1. The molecule has 242 valence electrons. The molecule has 2 aromatic rings. The predicted octanol–water partition coefficient (Wildman–Crippen LogP) is -0.376. The summed E-state index contributed by atoms with van der Waals surface area (Å²) in [7, 11) is 0. The molecule has 4 saturated heterocycles. The second kappa shape index (κ2) is 9.98. The van der Waals surface area contributed by atoms with E-state index < -0.39 is 101 Å². The van der Waals surface area contributed by atoms with Gasteiger partial charge in [-0.3, -0.25) is 0 Å². The van der Waals surface area contributed by atoms with Crippen LogP contribution in [0, 0.1) is 11.3 Å². The Kier molecular flexibility index (Phi) is 6.68. The number of hydrogen-bond donors (Lipinski definition) is 7. The van der Waals surface area contributed by atoms with Crippen LogP contribution < -0.4 is 0 Å². The van der Waals surface area contributed by atoms with Gasteiger partial charge in [0.2, 0.25) is 0 Å². The number of hydrogen-bond acceptors (Lipinski definition) is 15. The average Bonchev–Trinajstić information content (AvgIpc) is 3.20. The normalized spacial score (nSPS) is 42.3. The van der Waals surface area contributed by atoms with Crippen LogP contribution in [-0.4, -0.2) is 115 Å². The summed E-state index contributed by atoms with van der Waals surface area (Å²) in [6.45, 7) is 0.780. The van der Waals surface area contributed by atoms with Gasteiger partial charge in [0.1, 0.15) is 48.8 Å². The lowest BCUT2D eigenvalue weighted by Crippen LogP contribution is -2.80. The van der Waals surface area contributed by atoms with Crippen LogP contribution in [0.25, 0.3) is 0 Å². The smallest absolute Gasteiger partial charge is 0.338 e. The van der Waals surface area contributed by atoms with Crippen molar-refractivity contribution >= 4 is 11.9 Å². The molecule has 0 radical (unpaired) electrons. The second-order valence-corrected chi connectivity index (χ2v) is 12.5. The highest BCUT2D eigenvalue weighted by molar-refractivity contribution is 5.91. The Morgan fingerprint density at radius 3 is 2.27 bits per heavy atom. The molecule has 0 aromatic heterocycles. The maximum atomic E-state index is 12.9. The lowest BCUT2D eigenvalue weighted by molar-refractivity contribution is -0.424. The fourth-order valence-corrected chi connectivity index (χ4v) is 7.82. The Hall–Kier alpha value is -3.54. The number of ether oxygens (including phenoxy) is 6. The van der Waals surface area contributed by atoms with Crippen molar-refractivity contribution in [2.75, 3.05) is 13.2 Å². The van der Waals surface area contributed by atoms with Crippen LogP contribution >= 0.6 is 0 Å². The van der Waals surface area contributed by atoms with Gasteiger partial charge in [-0.05, 0) is 37.6 Å². The van der Waals surface area contributed by atoms with Crippen molar-refractivity contribution < 1.29 is 73.8 Å². The first-order valence-corrected chi connectivity index (χ1v) is 14.3. The number of rotatable bonds is 8. The fourth-order valence-electron chi connectivity index (χ4n) is 7.82. The molecule has 9 rings (SSSR count). The first kappa shape index (κ1) is 30.1. The van der Waals surface area contributed by atoms with E-state index in [1.165, 1.54) is 0 Å². The number of phenolic OH excluding ortho intramolecular Hbond substituents is 3. The largest absolute Gasteiger partial charge is 0.504 e. The van der Waals surface area contributed by atoms with Gasteiger partial charge < -0.3 is 64.2 Å². The Morgan fingerprint density at radius 1 is 0.911 bits per heavy atom. The van der Waals surface area contributed by atoms with Crippen molar-refractivity contribution in [1.29, 1.82) is 0 Å². The maximum absolute atomic E-state index is 12.9. The van der Waals surface area contributed by atoms with E-state index in [2.05, 4.69) is 0 Å². The zero-order valence-electron chi connectivity index (χ0n) is 23.8. The van der Waals surface area contributed by atoms with Crippen LogP contribution in [0.2, 0.25) is 0 Å². The molecule has 45 heavy (non-hydrogen) atoms. The van der Waals surface area contributed by atoms with Crippen LogP contribution in [-0.2, 0) is 28.4 Å². The highest BCUT2D eigenvalue weighted by atomic mass is 16.8. The third-order valence-electron chi connectivity index (χ3n) is 10.1. The number of carbonyl (C=O) groups is 2. The quantitative estimate of drug-likeness (QED) is 0.145. The van der Waals surface area contributed by atoms with E-state index >= 15 is 0 Å². The summed E-state index contributed by atoms with van der Waals surface area (Å²) >= 11 is 0. The summed E-state index contributed by atoms with van der Waals surface area (Å²) in [6, 6.07) is 10.0. The van der Waals surface area contributed by atoms with E-state index in [1.807, 2.05) is 0 Å². The zero-order valence-corrected chi connectivity index (χ0v) is 23.8. The Labute approximate surface area is 255 Å². The van der Waals surface area contributed by atoms with Crippen LogP contribution in [0.4, 0.5) is 0 Å². The minimum atomic E-state index is -1.81. The molecule has 6 bridgehead atoms. The molecule has 7 aliphatic rings. The minimum Gasteiger partial charge on any atom is -0.504 e. The van der Waals surface area contributed by atoms with E-state index in [4.69, 9.17) is 28.4 Å². The third-order valence-corrected chi connectivity index (χ3v) is 10.1. The van der Waals surface area contributed by atoms with Gasteiger partial charge >= 0.3 is 11.9 Å². The fraction of sp³-hybridized carbons (Fsp3) is 0.533. The van der Waals surface area contributed by atoms with E-state index in [1.54, 1.807) is 37.3 Å². The molecule has 15 nitrogen and oxygen atoms in total. The SMILES string of the molecule is CC12CC3(O)OC(O1)C1(COC(=O)c4ccccc4)C3C[C@@]21OC1OC(COC(=O)c2cc(O)c(O)c(O)c2)C(O)C(O)C1O. The monoisotopic (exact) mass is 632 g/mol. The molecule has 7 fully saturated rings. The van der Waals surface area contributed by atoms with Crippen molar-refractivity contribution in [2.45, 2.75) is 73.8 Å². The summed E-state index contributed by atoms with van der Waals surface area (Å²) < 4.78 is 35.3. The summed E-state index contributed by atoms with van der Waals surface area (Å²) in [4.78, 5) is 25.5. The van der Waals surface area contributed by atoms with Crippen molar-refractivity contribution in [3.63, 3.8) is 0 Å². The van der Waals surface area contributed by atoms with Gasteiger partial charge in [-0.2, -0.15) is 0 Å².